The van der Waals surface area contributed by atoms with Gasteiger partial charge in [0.1, 0.15) is 0 Å². The highest BCUT2D eigenvalue weighted by molar-refractivity contribution is 7.99. The van der Waals surface area contributed by atoms with Crippen molar-refractivity contribution in [1.29, 1.82) is 0 Å². The van der Waals surface area contributed by atoms with Crippen molar-refractivity contribution >= 4 is 29.4 Å². The highest BCUT2D eigenvalue weighted by Crippen LogP contribution is 2.24. The van der Waals surface area contributed by atoms with Crippen LogP contribution in [0.25, 0.3) is 0 Å². The summed E-state index contributed by atoms with van der Waals surface area (Å²) < 4.78 is 0. The summed E-state index contributed by atoms with van der Waals surface area (Å²) >= 11 is 1.88. The first-order valence-electron chi connectivity index (χ1n) is 7.50. The first-order chi connectivity index (χ1) is 10.5. The summed E-state index contributed by atoms with van der Waals surface area (Å²) in [5.41, 5.74) is 3.14. The largest absolute Gasteiger partial charge is 0.354 e. The van der Waals surface area contributed by atoms with Crippen molar-refractivity contribution < 1.29 is 9.59 Å². The maximum absolute atomic E-state index is 12.0. The second-order valence-corrected chi connectivity index (χ2v) is 7.32. The van der Waals surface area contributed by atoms with Crippen LogP contribution in [-0.2, 0) is 10.5 Å². The summed E-state index contributed by atoms with van der Waals surface area (Å²) in [7, 11) is 0. The number of anilines is 1. The van der Waals surface area contributed by atoms with Crippen LogP contribution in [-0.4, -0.2) is 29.8 Å². The molecule has 0 unspecified atom stereocenters. The minimum absolute atomic E-state index is 0.0193. The highest BCUT2D eigenvalue weighted by Gasteiger charge is 2.23. The van der Waals surface area contributed by atoms with Gasteiger partial charge in [-0.15, -0.1) is 0 Å². The Morgan fingerprint density at radius 1 is 1.45 bits per heavy atom. The van der Waals surface area contributed by atoms with Gasteiger partial charge < -0.3 is 16.0 Å². The van der Waals surface area contributed by atoms with E-state index in [0.717, 1.165) is 17.0 Å². The minimum Gasteiger partial charge on any atom is -0.354 e. The van der Waals surface area contributed by atoms with Crippen molar-refractivity contribution in [3.63, 3.8) is 0 Å². The van der Waals surface area contributed by atoms with E-state index in [1.54, 1.807) is 0 Å². The van der Waals surface area contributed by atoms with Gasteiger partial charge in [0.2, 0.25) is 5.91 Å². The standard InChI is InChI=1S/C16H23N3O2S/c1-10(2)22-9-12-5-4-6-14(11(12)3)19-16(21)18-13-7-15(20)17-8-13/h4-6,10,13H,7-9H2,1-3H3,(H,17,20)(H2,18,19,21)/t13-/m0/s1. The van der Waals surface area contributed by atoms with Crippen LogP contribution in [0.5, 0.6) is 0 Å². The van der Waals surface area contributed by atoms with Gasteiger partial charge in [-0.05, 0) is 29.4 Å². The minimum atomic E-state index is -0.265. The number of carbonyl (C=O) groups excluding carboxylic acids is 2. The van der Waals surface area contributed by atoms with Gasteiger partial charge in [0, 0.05) is 24.4 Å². The Morgan fingerprint density at radius 3 is 2.86 bits per heavy atom. The molecule has 120 valence electrons. The topological polar surface area (TPSA) is 70.2 Å². The molecule has 0 spiro atoms. The third kappa shape index (κ3) is 4.66. The van der Waals surface area contributed by atoms with Gasteiger partial charge in [-0.3, -0.25) is 4.79 Å². The lowest BCUT2D eigenvalue weighted by Crippen LogP contribution is -2.39. The molecule has 1 aliphatic rings. The number of benzene rings is 1. The van der Waals surface area contributed by atoms with E-state index in [1.807, 2.05) is 30.8 Å². The number of thioether (sulfide) groups is 1. The van der Waals surface area contributed by atoms with Crippen molar-refractivity contribution in [2.75, 3.05) is 11.9 Å². The second kappa shape index (κ2) is 7.54. The molecule has 0 aromatic heterocycles. The van der Waals surface area contributed by atoms with Crippen molar-refractivity contribution in [3.05, 3.63) is 29.3 Å². The lowest BCUT2D eigenvalue weighted by Gasteiger charge is -2.15. The van der Waals surface area contributed by atoms with Crippen molar-refractivity contribution in [1.82, 2.24) is 10.6 Å². The van der Waals surface area contributed by atoms with Gasteiger partial charge in [0.25, 0.3) is 0 Å². The molecular weight excluding hydrogens is 298 g/mol. The molecule has 1 fully saturated rings. The van der Waals surface area contributed by atoms with E-state index in [-0.39, 0.29) is 18.0 Å². The predicted octanol–water partition coefficient (Wildman–Crippen LogP) is 2.65. The molecule has 3 amide bonds. The van der Waals surface area contributed by atoms with Crippen LogP contribution in [0.2, 0.25) is 0 Å². The van der Waals surface area contributed by atoms with Gasteiger partial charge in [-0.2, -0.15) is 11.8 Å². The van der Waals surface area contributed by atoms with Gasteiger partial charge >= 0.3 is 6.03 Å². The quantitative estimate of drug-likeness (QED) is 0.781. The predicted molar refractivity (Wildman–Crippen MR) is 91.2 cm³/mol. The number of carbonyl (C=O) groups is 2. The van der Waals surface area contributed by atoms with Crippen LogP contribution in [0.1, 0.15) is 31.4 Å². The van der Waals surface area contributed by atoms with Crippen LogP contribution in [0, 0.1) is 6.92 Å². The monoisotopic (exact) mass is 321 g/mol. The average Bonchev–Trinajstić information content (AvgIpc) is 2.84. The lowest BCUT2D eigenvalue weighted by molar-refractivity contribution is -0.119. The molecule has 22 heavy (non-hydrogen) atoms. The highest BCUT2D eigenvalue weighted by atomic mass is 32.2. The van der Waals surface area contributed by atoms with Gasteiger partial charge in [0.05, 0.1) is 6.04 Å². The van der Waals surface area contributed by atoms with E-state index in [4.69, 9.17) is 0 Å². The van der Waals surface area contributed by atoms with Crippen LogP contribution in [0.15, 0.2) is 18.2 Å². The number of amides is 3. The summed E-state index contributed by atoms with van der Waals surface area (Å²) in [6.07, 6.45) is 0.345. The summed E-state index contributed by atoms with van der Waals surface area (Å²) in [5.74, 6) is 0.913. The molecule has 3 N–H and O–H groups in total. The molecule has 0 radical (unpaired) electrons. The maximum atomic E-state index is 12.0. The molecule has 5 nitrogen and oxygen atoms in total. The Kier molecular flexibility index (Phi) is 5.71. The van der Waals surface area contributed by atoms with Crippen molar-refractivity contribution in [3.8, 4) is 0 Å². The third-order valence-corrected chi connectivity index (χ3v) is 4.72. The molecule has 2 rings (SSSR count). The van der Waals surface area contributed by atoms with Crippen molar-refractivity contribution in [2.24, 2.45) is 0 Å². The van der Waals surface area contributed by atoms with E-state index < -0.39 is 0 Å². The lowest BCUT2D eigenvalue weighted by atomic mass is 10.1. The Hall–Kier alpha value is -1.69. The molecule has 1 aliphatic heterocycles. The average molecular weight is 321 g/mol. The number of rotatable bonds is 5. The molecule has 0 aliphatic carbocycles. The van der Waals surface area contributed by atoms with Crippen LogP contribution < -0.4 is 16.0 Å². The fourth-order valence-corrected chi connectivity index (χ4v) is 3.11. The molecule has 0 bridgehead atoms. The zero-order valence-corrected chi connectivity index (χ0v) is 14.0. The first-order valence-corrected chi connectivity index (χ1v) is 8.55. The first kappa shape index (κ1) is 16.7. The Bertz CT molecular complexity index is 560. The SMILES string of the molecule is Cc1c(CSC(C)C)cccc1NC(=O)N[C@@H]1CNC(=O)C1. The third-order valence-electron chi connectivity index (χ3n) is 3.58. The van der Waals surface area contributed by atoms with E-state index in [9.17, 15) is 9.59 Å². The fraction of sp³-hybridized carbons (Fsp3) is 0.500. The molecule has 1 atom stereocenters. The molecular formula is C16H23N3O2S. The zero-order chi connectivity index (χ0) is 16.1. The van der Waals surface area contributed by atoms with Crippen LogP contribution in [0.4, 0.5) is 10.5 Å². The number of urea groups is 1. The summed E-state index contributed by atoms with van der Waals surface area (Å²) in [5, 5.41) is 8.98. The molecule has 1 heterocycles. The Labute approximate surface area is 135 Å². The molecule has 0 saturated carbocycles. The van der Waals surface area contributed by atoms with E-state index >= 15 is 0 Å². The fourth-order valence-electron chi connectivity index (χ4n) is 2.28. The van der Waals surface area contributed by atoms with Gasteiger partial charge in [-0.1, -0.05) is 26.0 Å². The smallest absolute Gasteiger partial charge is 0.319 e. The normalized spacial score (nSPS) is 17.5. The molecule has 6 heteroatoms. The number of hydrogen-bond acceptors (Lipinski definition) is 3. The number of nitrogens with one attached hydrogen (secondary N) is 3. The Morgan fingerprint density at radius 2 is 2.23 bits per heavy atom. The Balaban J connectivity index is 1.95. The molecule has 1 saturated heterocycles. The van der Waals surface area contributed by atoms with E-state index in [0.29, 0.717) is 18.2 Å². The van der Waals surface area contributed by atoms with Gasteiger partial charge in [0.15, 0.2) is 0 Å². The van der Waals surface area contributed by atoms with E-state index in [2.05, 4.69) is 35.9 Å². The summed E-state index contributed by atoms with van der Waals surface area (Å²) in [6.45, 7) is 6.86. The van der Waals surface area contributed by atoms with Crippen LogP contribution >= 0.6 is 11.8 Å². The maximum Gasteiger partial charge on any atom is 0.319 e. The number of hydrogen-bond donors (Lipinski definition) is 3. The summed E-state index contributed by atoms with van der Waals surface area (Å²) in [6, 6.07) is 5.55. The van der Waals surface area contributed by atoms with E-state index in [1.165, 1.54) is 5.56 Å². The molecule has 1 aromatic carbocycles. The van der Waals surface area contributed by atoms with Crippen molar-refractivity contribution in [2.45, 2.75) is 44.2 Å². The van der Waals surface area contributed by atoms with Crippen LogP contribution in [0.3, 0.4) is 0 Å². The molecule has 1 aromatic rings. The van der Waals surface area contributed by atoms with Gasteiger partial charge in [-0.25, -0.2) is 4.79 Å². The zero-order valence-electron chi connectivity index (χ0n) is 13.2. The second-order valence-electron chi connectivity index (χ2n) is 5.75. The summed E-state index contributed by atoms with van der Waals surface area (Å²) in [4.78, 5) is 23.2.